The molecule has 1 fully saturated rings. The fourth-order valence-electron chi connectivity index (χ4n) is 2.87. The first-order chi connectivity index (χ1) is 9.84. The molecule has 0 saturated heterocycles. The Hall–Kier alpha value is -1.10. The first-order valence-corrected chi connectivity index (χ1v) is 7.44. The molecule has 0 radical (unpaired) electrons. The number of hydrogen-bond donors (Lipinski definition) is 1. The SMILES string of the molecule is CC1CCCC(NCc2cc(F)cc(C(F)(F)F)c2)CC1. The molecule has 1 saturated carbocycles. The molecule has 0 spiro atoms. The molecule has 0 amide bonds. The lowest BCUT2D eigenvalue weighted by molar-refractivity contribution is -0.137. The average Bonchev–Trinajstić information content (AvgIpc) is 2.59. The second-order valence-electron chi connectivity index (χ2n) is 6.04. The summed E-state index contributed by atoms with van der Waals surface area (Å²) in [6.45, 7) is 2.50. The lowest BCUT2D eigenvalue weighted by Gasteiger charge is -2.17. The van der Waals surface area contributed by atoms with Crippen molar-refractivity contribution < 1.29 is 17.6 Å². The quantitative estimate of drug-likeness (QED) is 0.618. The van der Waals surface area contributed by atoms with Crippen molar-refractivity contribution in [1.29, 1.82) is 0 Å². The molecule has 1 aromatic carbocycles. The van der Waals surface area contributed by atoms with Gasteiger partial charge in [0, 0.05) is 12.6 Å². The lowest BCUT2D eigenvalue weighted by atomic mass is 10.0. The molecule has 5 heteroatoms. The van der Waals surface area contributed by atoms with Crippen LogP contribution in [-0.2, 0) is 12.7 Å². The van der Waals surface area contributed by atoms with Crippen molar-refractivity contribution in [3.8, 4) is 0 Å². The van der Waals surface area contributed by atoms with Crippen molar-refractivity contribution in [3.63, 3.8) is 0 Å². The maximum atomic E-state index is 13.3. The van der Waals surface area contributed by atoms with Gasteiger partial charge in [-0.15, -0.1) is 0 Å². The van der Waals surface area contributed by atoms with Gasteiger partial charge in [-0.2, -0.15) is 13.2 Å². The van der Waals surface area contributed by atoms with Gasteiger partial charge >= 0.3 is 6.18 Å². The number of hydrogen-bond acceptors (Lipinski definition) is 1. The van der Waals surface area contributed by atoms with Crippen molar-refractivity contribution in [2.45, 2.75) is 57.8 Å². The molecule has 0 bridgehead atoms. The molecule has 1 aliphatic carbocycles. The summed E-state index contributed by atoms with van der Waals surface area (Å²) in [5, 5.41) is 3.27. The monoisotopic (exact) mass is 303 g/mol. The third-order valence-electron chi connectivity index (χ3n) is 4.14. The van der Waals surface area contributed by atoms with E-state index in [4.69, 9.17) is 0 Å². The Morgan fingerprint density at radius 3 is 2.57 bits per heavy atom. The molecule has 21 heavy (non-hydrogen) atoms. The summed E-state index contributed by atoms with van der Waals surface area (Å²) in [7, 11) is 0. The van der Waals surface area contributed by atoms with Gasteiger partial charge in [0.2, 0.25) is 0 Å². The van der Waals surface area contributed by atoms with Crippen LogP contribution < -0.4 is 5.32 Å². The van der Waals surface area contributed by atoms with Crippen LogP contribution in [0.5, 0.6) is 0 Å². The van der Waals surface area contributed by atoms with E-state index in [9.17, 15) is 17.6 Å². The molecule has 2 rings (SSSR count). The summed E-state index contributed by atoms with van der Waals surface area (Å²) in [4.78, 5) is 0. The van der Waals surface area contributed by atoms with Gasteiger partial charge in [0.1, 0.15) is 5.82 Å². The smallest absolute Gasteiger partial charge is 0.310 e. The van der Waals surface area contributed by atoms with Crippen LogP contribution in [0.1, 0.15) is 50.2 Å². The molecule has 0 aliphatic heterocycles. The topological polar surface area (TPSA) is 12.0 Å². The van der Waals surface area contributed by atoms with Crippen LogP contribution in [0.4, 0.5) is 17.6 Å². The standard InChI is InChI=1S/C16H21F4N/c1-11-3-2-4-15(6-5-11)21-10-12-7-13(16(18,19)20)9-14(17)8-12/h7-9,11,15,21H,2-6,10H2,1H3. The summed E-state index contributed by atoms with van der Waals surface area (Å²) < 4.78 is 51.3. The molecule has 0 aromatic heterocycles. The third kappa shape index (κ3) is 4.99. The minimum Gasteiger partial charge on any atom is -0.310 e. The molecule has 1 N–H and O–H groups in total. The zero-order valence-corrected chi connectivity index (χ0v) is 12.1. The number of rotatable bonds is 3. The normalized spacial score (nSPS) is 23.9. The Bertz CT molecular complexity index is 470. The van der Waals surface area contributed by atoms with Gasteiger partial charge < -0.3 is 5.32 Å². The highest BCUT2D eigenvalue weighted by Crippen LogP contribution is 2.30. The summed E-state index contributed by atoms with van der Waals surface area (Å²) in [5.74, 6) is -0.126. The summed E-state index contributed by atoms with van der Waals surface area (Å²) in [6, 6.07) is 3.04. The van der Waals surface area contributed by atoms with E-state index in [-0.39, 0.29) is 6.54 Å². The minimum absolute atomic E-state index is 0.278. The predicted octanol–water partition coefficient (Wildman–Crippen LogP) is 4.90. The first-order valence-electron chi connectivity index (χ1n) is 7.44. The molecule has 118 valence electrons. The van der Waals surface area contributed by atoms with E-state index in [1.807, 2.05) is 0 Å². The molecule has 2 atom stereocenters. The Morgan fingerprint density at radius 1 is 1.10 bits per heavy atom. The van der Waals surface area contributed by atoms with E-state index < -0.39 is 17.6 Å². The molecule has 2 unspecified atom stereocenters. The van der Waals surface area contributed by atoms with E-state index >= 15 is 0 Å². The van der Waals surface area contributed by atoms with Gasteiger partial charge in [-0.3, -0.25) is 0 Å². The van der Waals surface area contributed by atoms with Crippen LogP contribution in [0.3, 0.4) is 0 Å². The zero-order valence-electron chi connectivity index (χ0n) is 12.1. The Balaban J connectivity index is 1.98. The zero-order chi connectivity index (χ0) is 15.5. The Labute approximate surface area is 122 Å². The second kappa shape index (κ2) is 6.77. The highest BCUT2D eigenvalue weighted by atomic mass is 19.4. The first kappa shape index (κ1) is 16.3. The molecule has 0 heterocycles. The highest BCUT2D eigenvalue weighted by molar-refractivity contribution is 5.26. The van der Waals surface area contributed by atoms with Crippen molar-refractivity contribution in [2.24, 2.45) is 5.92 Å². The van der Waals surface area contributed by atoms with Crippen molar-refractivity contribution >= 4 is 0 Å². The van der Waals surface area contributed by atoms with Crippen LogP contribution in [-0.4, -0.2) is 6.04 Å². The molecular formula is C16H21F4N. The van der Waals surface area contributed by atoms with E-state index in [1.165, 1.54) is 12.5 Å². The Morgan fingerprint density at radius 2 is 1.86 bits per heavy atom. The van der Waals surface area contributed by atoms with Crippen LogP contribution >= 0.6 is 0 Å². The van der Waals surface area contributed by atoms with Gasteiger partial charge in [-0.25, -0.2) is 4.39 Å². The van der Waals surface area contributed by atoms with Crippen LogP contribution in [0, 0.1) is 11.7 Å². The fourth-order valence-corrected chi connectivity index (χ4v) is 2.87. The maximum absolute atomic E-state index is 13.3. The van der Waals surface area contributed by atoms with Crippen molar-refractivity contribution in [2.75, 3.05) is 0 Å². The van der Waals surface area contributed by atoms with Crippen molar-refractivity contribution in [1.82, 2.24) is 5.32 Å². The highest BCUT2D eigenvalue weighted by Gasteiger charge is 2.31. The lowest BCUT2D eigenvalue weighted by Crippen LogP contribution is -2.28. The average molecular weight is 303 g/mol. The summed E-state index contributed by atoms with van der Waals surface area (Å²) in [5.41, 5.74) is -0.576. The van der Waals surface area contributed by atoms with E-state index in [0.29, 0.717) is 23.6 Å². The van der Waals surface area contributed by atoms with E-state index in [0.717, 1.165) is 31.7 Å². The molecular weight excluding hydrogens is 282 g/mol. The van der Waals surface area contributed by atoms with Gasteiger partial charge in [0.15, 0.2) is 0 Å². The summed E-state index contributed by atoms with van der Waals surface area (Å²) >= 11 is 0. The maximum Gasteiger partial charge on any atom is 0.416 e. The molecule has 1 aliphatic rings. The fraction of sp³-hybridized carbons (Fsp3) is 0.625. The number of nitrogens with one attached hydrogen (secondary N) is 1. The van der Waals surface area contributed by atoms with Crippen LogP contribution in [0.25, 0.3) is 0 Å². The minimum atomic E-state index is -4.51. The van der Waals surface area contributed by atoms with Crippen LogP contribution in [0.2, 0.25) is 0 Å². The third-order valence-corrected chi connectivity index (χ3v) is 4.14. The van der Waals surface area contributed by atoms with Crippen LogP contribution in [0.15, 0.2) is 18.2 Å². The number of halogens is 4. The number of benzene rings is 1. The number of alkyl halides is 3. The molecule has 1 nitrogen and oxygen atoms in total. The largest absolute Gasteiger partial charge is 0.416 e. The Kier molecular flexibility index (Phi) is 5.25. The predicted molar refractivity (Wildman–Crippen MR) is 74.3 cm³/mol. The van der Waals surface area contributed by atoms with Gasteiger partial charge in [-0.1, -0.05) is 19.8 Å². The molecule has 1 aromatic rings. The van der Waals surface area contributed by atoms with Gasteiger partial charge in [-0.05, 0) is 48.9 Å². The van der Waals surface area contributed by atoms with Gasteiger partial charge in [0.05, 0.1) is 5.56 Å². The van der Waals surface area contributed by atoms with Gasteiger partial charge in [0.25, 0.3) is 0 Å². The second-order valence-corrected chi connectivity index (χ2v) is 6.04. The van der Waals surface area contributed by atoms with E-state index in [1.54, 1.807) is 0 Å². The van der Waals surface area contributed by atoms with Crippen molar-refractivity contribution in [3.05, 3.63) is 35.1 Å². The van der Waals surface area contributed by atoms with E-state index in [2.05, 4.69) is 12.2 Å². The summed E-state index contributed by atoms with van der Waals surface area (Å²) in [6.07, 6.45) is 1.03.